The van der Waals surface area contributed by atoms with Crippen LogP contribution in [0.5, 0.6) is 0 Å². The van der Waals surface area contributed by atoms with Gasteiger partial charge in [0, 0.05) is 6.20 Å². The van der Waals surface area contributed by atoms with Gasteiger partial charge in [0.2, 0.25) is 0 Å². The standard InChI is InChI=1S/C7H6N3S/c1-5-8-4-7(11-5)6-2-3-9-10-6/h2-4H,1H3. The number of rotatable bonds is 1. The van der Waals surface area contributed by atoms with Gasteiger partial charge < -0.3 is 0 Å². The van der Waals surface area contributed by atoms with Crippen LogP contribution in [0, 0.1) is 6.92 Å². The Bertz CT molecular complexity index is 324. The molecule has 0 atom stereocenters. The Balaban J connectivity index is 2.36. The molecular weight excluding hydrogens is 158 g/mol. The lowest BCUT2D eigenvalue weighted by Crippen LogP contribution is -1.88. The van der Waals surface area contributed by atoms with Gasteiger partial charge in [0.15, 0.2) is 0 Å². The van der Waals surface area contributed by atoms with E-state index in [1.54, 1.807) is 17.5 Å². The van der Waals surface area contributed by atoms with Gasteiger partial charge in [0.1, 0.15) is 5.71 Å². The first-order valence-electron chi connectivity index (χ1n) is 3.23. The number of hydrogen-bond donors (Lipinski definition) is 0. The van der Waals surface area contributed by atoms with Crippen LogP contribution in [0.1, 0.15) is 9.88 Å². The number of aryl methyl sites for hydroxylation is 1. The molecule has 2 rings (SSSR count). The molecule has 0 aliphatic carbocycles. The molecule has 2 heterocycles. The van der Waals surface area contributed by atoms with E-state index in [1.807, 2.05) is 19.2 Å². The molecule has 11 heavy (non-hydrogen) atoms. The summed E-state index contributed by atoms with van der Waals surface area (Å²) in [6.45, 7) is 1.98. The highest BCUT2D eigenvalue weighted by Crippen LogP contribution is 2.14. The van der Waals surface area contributed by atoms with Crippen LogP contribution in [0.2, 0.25) is 0 Å². The highest BCUT2D eigenvalue weighted by atomic mass is 32.1. The minimum Gasteiger partial charge on any atom is -0.249 e. The SMILES string of the molecule is Cc1ncc(C2=N[N]C=C2)s1. The van der Waals surface area contributed by atoms with Gasteiger partial charge in [0.25, 0.3) is 0 Å². The van der Waals surface area contributed by atoms with Crippen molar-refractivity contribution in [2.45, 2.75) is 6.92 Å². The quantitative estimate of drug-likeness (QED) is 0.616. The molecule has 0 unspecified atom stereocenters. The second-order valence-corrected chi connectivity index (χ2v) is 3.39. The largest absolute Gasteiger partial charge is 0.249 e. The Kier molecular flexibility index (Phi) is 1.47. The maximum atomic E-state index is 4.12. The van der Waals surface area contributed by atoms with Crippen LogP contribution in [0.15, 0.2) is 23.6 Å². The van der Waals surface area contributed by atoms with Crippen LogP contribution in [-0.2, 0) is 0 Å². The number of allylic oxidation sites excluding steroid dienone is 1. The molecule has 55 valence electrons. The zero-order chi connectivity index (χ0) is 7.68. The van der Waals surface area contributed by atoms with Crippen molar-refractivity contribution in [3.8, 4) is 0 Å². The summed E-state index contributed by atoms with van der Waals surface area (Å²) in [5.41, 5.74) is 4.65. The smallest absolute Gasteiger partial charge is 0.106 e. The number of hydrogen-bond acceptors (Lipinski definition) is 3. The van der Waals surface area contributed by atoms with Gasteiger partial charge in [-0.05, 0) is 13.0 Å². The number of nitrogens with zero attached hydrogens (tertiary/aromatic N) is 3. The maximum Gasteiger partial charge on any atom is 0.106 e. The number of aromatic nitrogens is 1. The maximum absolute atomic E-state index is 4.12. The minimum atomic E-state index is 0.913. The fourth-order valence-electron chi connectivity index (χ4n) is 0.844. The van der Waals surface area contributed by atoms with Crippen molar-refractivity contribution in [1.29, 1.82) is 0 Å². The molecule has 0 fully saturated rings. The van der Waals surface area contributed by atoms with Gasteiger partial charge >= 0.3 is 0 Å². The zero-order valence-corrected chi connectivity index (χ0v) is 6.80. The summed E-state index contributed by atoms with van der Waals surface area (Å²) in [6.07, 6.45) is 5.39. The van der Waals surface area contributed by atoms with Crippen molar-refractivity contribution in [3.63, 3.8) is 0 Å². The predicted molar refractivity (Wildman–Crippen MR) is 44.7 cm³/mol. The Hall–Kier alpha value is -1.16. The molecule has 0 amide bonds. The topological polar surface area (TPSA) is 39.4 Å². The molecule has 0 N–H and O–H groups in total. The summed E-state index contributed by atoms with van der Waals surface area (Å²) in [6, 6.07) is 0. The molecule has 0 spiro atoms. The highest BCUT2D eigenvalue weighted by molar-refractivity contribution is 7.13. The van der Waals surface area contributed by atoms with E-state index in [2.05, 4.69) is 15.5 Å². The first-order valence-corrected chi connectivity index (χ1v) is 4.05. The van der Waals surface area contributed by atoms with Crippen LogP contribution in [0.25, 0.3) is 0 Å². The zero-order valence-electron chi connectivity index (χ0n) is 5.98. The Morgan fingerprint density at radius 1 is 1.45 bits per heavy atom. The first-order chi connectivity index (χ1) is 5.36. The third-order valence-corrected chi connectivity index (χ3v) is 2.27. The van der Waals surface area contributed by atoms with Crippen LogP contribution in [0.4, 0.5) is 0 Å². The lowest BCUT2D eigenvalue weighted by atomic mass is 10.3. The van der Waals surface area contributed by atoms with Crippen LogP contribution in [-0.4, -0.2) is 10.7 Å². The van der Waals surface area contributed by atoms with Crippen LogP contribution in [0.3, 0.4) is 0 Å². The van der Waals surface area contributed by atoms with E-state index in [0.29, 0.717) is 0 Å². The van der Waals surface area contributed by atoms with E-state index in [4.69, 9.17) is 0 Å². The summed E-state index contributed by atoms with van der Waals surface area (Å²) in [7, 11) is 0. The fraction of sp³-hybridized carbons (Fsp3) is 0.143. The molecule has 4 heteroatoms. The minimum absolute atomic E-state index is 0.913. The van der Waals surface area contributed by atoms with E-state index in [9.17, 15) is 0 Å². The molecule has 0 saturated carbocycles. The summed E-state index contributed by atoms with van der Waals surface area (Å²) < 4.78 is 0. The van der Waals surface area contributed by atoms with Gasteiger partial charge in [0.05, 0.1) is 16.1 Å². The lowest BCUT2D eigenvalue weighted by molar-refractivity contribution is 0.973. The van der Waals surface area contributed by atoms with Crippen molar-refractivity contribution < 1.29 is 0 Å². The Labute approximate surface area is 68.5 Å². The predicted octanol–water partition coefficient (Wildman–Crippen LogP) is 1.29. The van der Waals surface area contributed by atoms with Gasteiger partial charge in [-0.1, -0.05) is 0 Å². The molecule has 1 aromatic rings. The third kappa shape index (κ3) is 1.17. The molecule has 0 saturated heterocycles. The van der Waals surface area contributed by atoms with Crippen molar-refractivity contribution in [2.24, 2.45) is 5.10 Å². The summed E-state index contributed by atoms with van der Waals surface area (Å²) >= 11 is 1.63. The first kappa shape index (κ1) is 6.54. The van der Waals surface area contributed by atoms with Crippen molar-refractivity contribution in [2.75, 3.05) is 0 Å². The highest BCUT2D eigenvalue weighted by Gasteiger charge is 2.06. The molecule has 1 aromatic heterocycles. The molecule has 0 aromatic carbocycles. The van der Waals surface area contributed by atoms with Crippen molar-refractivity contribution >= 4 is 17.0 Å². The van der Waals surface area contributed by atoms with Crippen LogP contribution >= 0.6 is 11.3 Å². The van der Waals surface area contributed by atoms with E-state index in [0.717, 1.165) is 15.6 Å². The molecular formula is C7H6N3S. The van der Waals surface area contributed by atoms with Gasteiger partial charge in [-0.3, -0.25) is 0 Å². The van der Waals surface area contributed by atoms with E-state index >= 15 is 0 Å². The molecule has 3 nitrogen and oxygen atoms in total. The second kappa shape index (κ2) is 2.47. The lowest BCUT2D eigenvalue weighted by Gasteiger charge is -1.85. The second-order valence-electron chi connectivity index (χ2n) is 2.16. The van der Waals surface area contributed by atoms with E-state index in [1.165, 1.54) is 0 Å². The molecule has 1 aliphatic heterocycles. The van der Waals surface area contributed by atoms with Gasteiger partial charge in [-0.2, -0.15) is 5.43 Å². The summed E-state index contributed by atoms with van der Waals surface area (Å²) in [5, 5.41) is 4.98. The van der Waals surface area contributed by atoms with E-state index < -0.39 is 0 Å². The Morgan fingerprint density at radius 3 is 2.91 bits per heavy atom. The van der Waals surface area contributed by atoms with Crippen molar-refractivity contribution in [1.82, 2.24) is 10.4 Å². The molecule has 1 radical (unpaired) electrons. The normalized spacial score (nSPS) is 14.8. The molecule has 0 bridgehead atoms. The van der Waals surface area contributed by atoms with E-state index in [-0.39, 0.29) is 0 Å². The van der Waals surface area contributed by atoms with Gasteiger partial charge in [-0.25, -0.2) is 4.98 Å². The monoisotopic (exact) mass is 164 g/mol. The van der Waals surface area contributed by atoms with Crippen LogP contribution < -0.4 is 5.43 Å². The summed E-state index contributed by atoms with van der Waals surface area (Å²) in [4.78, 5) is 5.21. The van der Waals surface area contributed by atoms with Gasteiger partial charge in [-0.15, -0.1) is 16.4 Å². The Morgan fingerprint density at radius 2 is 2.36 bits per heavy atom. The molecule has 1 aliphatic rings. The fourth-order valence-corrected chi connectivity index (χ4v) is 1.59. The average molecular weight is 164 g/mol. The third-order valence-electron chi connectivity index (χ3n) is 1.34. The van der Waals surface area contributed by atoms with Crippen molar-refractivity contribution in [3.05, 3.63) is 28.4 Å². The number of thiazole rings is 1. The average Bonchev–Trinajstić information content (AvgIpc) is 2.55. The summed E-state index contributed by atoms with van der Waals surface area (Å²) in [5.74, 6) is 0.